The molecule has 2 aromatic heterocycles. The predicted molar refractivity (Wildman–Crippen MR) is 142 cm³/mol. The van der Waals surface area contributed by atoms with Gasteiger partial charge in [0.1, 0.15) is 19.8 Å². The smallest absolute Gasteiger partial charge is 0.269 e. The molecular weight excluding hydrogens is 476 g/mol. The van der Waals surface area contributed by atoms with E-state index in [-0.39, 0.29) is 11.8 Å². The Bertz CT molecular complexity index is 1480. The summed E-state index contributed by atoms with van der Waals surface area (Å²) in [5, 5.41) is 4.49. The number of benzene rings is 3. The number of hydrogen-bond acceptors (Lipinski definition) is 6. The Labute approximate surface area is 210 Å². The van der Waals surface area contributed by atoms with Crippen LogP contribution in [0.25, 0.3) is 21.1 Å². The van der Waals surface area contributed by atoms with E-state index >= 15 is 0 Å². The van der Waals surface area contributed by atoms with Crippen molar-refractivity contribution in [2.24, 2.45) is 0 Å². The zero-order chi connectivity index (χ0) is 24.2. The molecule has 0 aliphatic carbocycles. The molecule has 0 bridgehead atoms. The maximum Gasteiger partial charge on any atom is 0.269 e. The van der Waals surface area contributed by atoms with Crippen molar-refractivity contribution < 1.29 is 9.59 Å². The lowest BCUT2D eigenvalue weighted by atomic mass is 10.2. The van der Waals surface area contributed by atoms with E-state index in [1.165, 1.54) is 22.7 Å². The first-order valence-corrected chi connectivity index (χ1v) is 12.4. The van der Waals surface area contributed by atoms with Gasteiger partial charge in [-0.05, 0) is 18.2 Å². The fourth-order valence-corrected chi connectivity index (χ4v) is 5.16. The van der Waals surface area contributed by atoms with Crippen LogP contribution >= 0.6 is 22.7 Å². The lowest BCUT2D eigenvalue weighted by Gasteiger charge is -2.17. The lowest BCUT2D eigenvalue weighted by molar-refractivity contribution is 0.0995. The first kappa shape index (κ1) is 22.6. The van der Waals surface area contributed by atoms with E-state index < -0.39 is 0 Å². The maximum atomic E-state index is 13.1. The second kappa shape index (κ2) is 10.0. The van der Waals surface area contributed by atoms with Crippen LogP contribution in [0.1, 0.15) is 19.3 Å². The molecule has 3 aromatic carbocycles. The highest BCUT2D eigenvalue weighted by Gasteiger charge is 2.18. The monoisotopic (exact) mass is 496 g/mol. The van der Waals surface area contributed by atoms with Crippen LogP contribution in [0.3, 0.4) is 0 Å². The van der Waals surface area contributed by atoms with Crippen LogP contribution in [0.4, 0.5) is 11.4 Å². The summed E-state index contributed by atoms with van der Waals surface area (Å²) in [6, 6.07) is 26.7. The van der Waals surface area contributed by atoms with E-state index in [1.807, 2.05) is 66.7 Å². The molecule has 172 valence electrons. The number of amides is 2. The molecule has 0 fully saturated rings. The van der Waals surface area contributed by atoms with E-state index in [4.69, 9.17) is 0 Å². The van der Waals surface area contributed by atoms with Gasteiger partial charge in [0.05, 0.1) is 12.4 Å². The highest BCUT2D eigenvalue weighted by molar-refractivity contribution is 7.17. The van der Waals surface area contributed by atoms with Crippen LogP contribution in [-0.2, 0) is 0 Å². The Morgan fingerprint density at radius 1 is 0.743 bits per heavy atom. The van der Waals surface area contributed by atoms with Gasteiger partial charge >= 0.3 is 0 Å². The Balaban J connectivity index is 1.29. The quantitative estimate of drug-likeness (QED) is 0.293. The summed E-state index contributed by atoms with van der Waals surface area (Å²) in [4.78, 5) is 37.3. The van der Waals surface area contributed by atoms with Crippen LogP contribution < -0.4 is 10.2 Å². The molecule has 0 aliphatic heterocycles. The highest BCUT2D eigenvalue weighted by Crippen LogP contribution is 2.28. The Morgan fingerprint density at radius 2 is 1.31 bits per heavy atom. The van der Waals surface area contributed by atoms with Crippen molar-refractivity contribution in [2.45, 2.75) is 0 Å². The largest absolute Gasteiger partial charge is 0.321 e. The number of hydrogen-bond donors (Lipinski definition) is 1. The van der Waals surface area contributed by atoms with Crippen molar-refractivity contribution in [3.05, 3.63) is 107 Å². The van der Waals surface area contributed by atoms with Crippen molar-refractivity contribution in [3.63, 3.8) is 0 Å². The van der Waals surface area contributed by atoms with Gasteiger partial charge in [0.2, 0.25) is 0 Å². The number of carbonyl (C=O) groups excluding carboxylic acids is 2. The number of nitrogens with one attached hydrogen (secondary N) is 1. The number of nitrogens with zero attached hydrogens (tertiary/aromatic N) is 3. The van der Waals surface area contributed by atoms with Crippen LogP contribution in [0, 0.1) is 0 Å². The molecule has 1 N–H and O–H groups in total. The first-order valence-electron chi connectivity index (χ1n) is 10.8. The fourth-order valence-electron chi connectivity index (χ4n) is 3.45. The zero-order valence-electron chi connectivity index (χ0n) is 18.7. The highest BCUT2D eigenvalue weighted by atomic mass is 32.1. The van der Waals surface area contributed by atoms with Gasteiger partial charge in [0, 0.05) is 29.5 Å². The minimum absolute atomic E-state index is 0.164. The van der Waals surface area contributed by atoms with Crippen molar-refractivity contribution in [3.8, 4) is 21.1 Å². The Kier molecular flexibility index (Phi) is 6.47. The van der Waals surface area contributed by atoms with Gasteiger partial charge in [-0.1, -0.05) is 66.7 Å². The number of thiazole rings is 2. The zero-order valence-corrected chi connectivity index (χ0v) is 20.3. The van der Waals surface area contributed by atoms with Crippen LogP contribution in [-0.4, -0.2) is 28.8 Å². The molecule has 0 spiro atoms. The van der Waals surface area contributed by atoms with Crippen molar-refractivity contribution in [1.29, 1.82) is 0 Å². The molecule has 8 heteroatoms. The minimum atomic E-state index is -0.245. The molecule has 5 rings (SSSR count). The predicted octanol–water partition coefficient (Wildman–Crippen LogP) is 6.46. The number of anilines is 2. The van der Waals surface area contributed by atoms with Gasteiger partial charge in [-0.2, -0.15) is 0 Å². The molecule has 0 radical (unpaired) electrons. The normalized spacial score (nSPS) is 10.7. The number of rotatable bonds is 6. The van der Waals surface area contributed by atoms with Gasteiger partial charge in [-0.15, -0.1) is 22.7 Å². The van der Waals surface area contributed by atoms with Crippen LogP contribution in [0.2, 0.25) is 0 Å². The summed E-state index contributed by atoms with van der Waals surface area (Å²) in [5.41, 5.74) is 3.20. The third-order valence-corrected chi connectivity index (χ3v) is 7.36. The van der Waals surface area contributed by atoms with E-state index in [1.54, 1.807) is 42.5 Å². The summed E-state index contributed by atoms with van der Waals surface area (Å²) < 4.78 is 0. The molecule has 0 unspecified atom stereocenters. The van der Waals surface area contributed by atoms with Gasteiger partial charge in [0.25, 0.3) is 11.8 Å². The van der Waals surface area contributed by atoms with E-state index in [9.17, 15) is 9.59 Å². The molecule has 0 saturated carbocycles. The number of aromatic nitrogens is 2. The third-order valence-electron chi connectivity index (χ3n) is 5.28. The SMILES string of the molecule is CN(C(=O)c1cnc(-c2ccccc2)s1)c1cccc(NC(=O)c2cnc(-c3ccccc3)s2)c1. The van der Waals surface area contributed by atoms with Crippen molar-refractivity contribution in [2.75, 3.05) is 17.3 Å². The van der Waals surface area contributed by atoms with Gasteiger partial charge in [0.15, 0.2) is 0 Å². The molecule has 0 atom stereocenters. The molecular formula is C27H20N4O2S2. The van der Waals surface area contributed by atoms with Gasteiger partial charge in [-0.25, -0.2) is 9.97 Å². The summed E-state index contributed by atoms with van der Waals surface area (Å²) >= 11 is 2.69. The molecule has 2 heterocycles. The van der Waals surface area contributed by atoms with E-state index in [0.717, 1.165) is 21.1 Å². The Morgan fingerprint density at radius 3 is 1.94 bits per heavy atom. The molecule has 6 nitrogen and oxygen atoms in total. The van der Waals surface area contributed by atoms with Gasteiger partial charge < -0.3 is 10.2 Å². The summed E-state index contributed by atoms with van der Waals surface area (Å²) in [6.07, 6.45) is 3.18. The lowest BCUT2D eigenvalue weighted by Crippen LogP contribution is -2.25. The second-order valence-electron chi connectivity index (χ2n) is 7.66. The first-order chi connectivity index (χ1) is 17.1. The molecule has 0 saturated heterocycles. The average molecular weight is 497 g/mol. The third kappa shape index (κ3) is 5.03. The fraction of sp³-hybridized carbons (Fsp3) is 0.0370. The second-order valence-corrected chi connectivity index (χ2v) is 9.72. The van der Waals surface area contributed by atoms with Gasteiger partial charge in [-0.3, -0.25) is 9.59 Å². The van der Waals surface area contributed by atoms with Crippen molar-refractivity contribution >= 4 is 45.9 Å². The van der Waals surface area contributed by atoms with E-state index in [0.29, 0.717) is 21.1 Å². The topological polar surface area (TPSA) is 75.2 Å². The van der Waals surface area contributed by atoms with Crippen molar-refractivity contribution in [1.82, 2.24) is 9.97 Å². The number of carbonyl (C=O) groups is 2. The summed E-state index contributed by atoms with van der Waals surface area (Å²) in [5.74, 6) is -0.408. The standard InChI is InChI=1S/C27H20N4O2S2/c1-31(27(33)23-17-29-26(35-23)19-11-6-3-7-12-19)21-14-8-13-20(15-21)30-24(32)22-16-28-25(34-22)18-9-4-2-5-10-18/h2-17H,1H3,(H,30,32). The van der Waals surface area contributed by atoms with Crippen LogP contribution in [0.15, 0.2) is 97.3 Å². The van der Waals surface area contributed by atoms with E-state index in [2.05, 4.69) is 15.3 Å². The summed E-state index contributed by atoms with van der Waals surface area (Å²) in [6.45, 7) is 0. The average Bonchev–Trinajstić information content (AvgIpc) is 3.60. The molecule has 2 amide bonds. The maximum absolute atomic E-state index is 13.1. The molecule has 5 aromatic rings. The Hall–Kier alpha value is -4.14. The molecule has 35 heavy (non-hydrogen) atoms. The molecule has 0 aliphatic rings. The van der Waals surface area contributed by atoms with Crippen LogP contribution in [0.5, 0.6) is 0 Å². The minimum Gasteiger partial charge on any atom is -0.321 e. The summed E-state index contributed by atoms with van der Waals surface area (Å²) in [7, 11) is 1.71.